The van der Waals surface area contributed by atoms with Gasteiger partial charge in [-0.25, -0.2) is 4.79 Å². The number of halogens is 1. The maximum Gasteiger partial charge on any atom is 0.323 e. The number of benzene rings is 3. The van der Waals surface area contributed by atoms with Crippen molar-refractivity contribution in [2.75, 3.05) is 17.2 Å². The predicted molar refractivity (Wildman–Crippen MR) is 129 cm³/mol. The fourth-order valence-electron chi connectivity index (χ4n) is 4.43. The van der Waals surface area contributed by atoms with Gasteiger partial charge in [-0.2, -0.15) is 0 Å². The van der Waals surface area contributed by atoms with Gasteiger partial charge in [0.1, 0.15) is 0 Å². The smallest absolute Gasteiger partial charge is 0.323 e. The number of anilines is 2. The highest BCUT2D eigenvalue weighted by Gasteiger charge is 2.32. The zero-order valence-electron chi connectivity index (χ0n) is 17.7. The number of amides is 2. The highest BCUT2D eigenvalue weighted by Crippen LogP contribution is 2.40. The fourth-order valence-corrected chi connectivity index (χ4v) is 4.62. The second kappa shape index (κ2) is 10.2. The number of nitrogens with one attached hydrogen (secondary N) is 2. The first-order valence-corrected chi connectivity index (χ1v) is 11.2. The molecule has 1 fully saturated rings. The van der Waals surface area contributed by atoms with Gasteiger partial charge in [-0.3, -0.25) is 0 Å². The largest absolute Gasteiger partial charge is 0.396 e. The van der Waals surface area contributed by atoms with Crippen LogP contribution >= 0.6 is 11.6 Å². The summed E-state index contributed by atoms with van der Waals surface area (Å²) >= 11 is 5.94. The van der Waals surface area contributed by atoms with Crippen LogP contribution in [0, 0.1) is 11.8 Å². The number of urea groups is 1. The number of carbonyl (C=O) groups is 1. The topological polar surface area (TPSA) is 81.6 Å². The molecule has 0 aliphatic heterocycles. The number of carbonyl (C=O) groups excluding carboxylic acids is 1. The molecule has 5 nitrogen and oxygen atoms in total. The Kier molecular flexibility index (Phi) is 7.10. The van der Waals surface area contributed by atoms with Crippen molar-refractivity contribution in [3.8, 4) is 11.1 Å². The number of aliphatic hydroxyl groups is 2. The highest BCUT2D eigenvalue weighted by molar-refractivity contribution is 6.30. The average molecular weight is 451 g/mol. The average Bonchev–Trinajstić information content (AvgIpc) is 3.28. The summed E-state index contributed by atoms with van der Waals surface area (Å²) in [6, 6.07) is 22.1. The van der Waals surface area contributed by atoms with E-state index in [9.17, 15) is 15.0 Å². The summed E-state index contributed by atoms with van der Waals surface area (Å²) in [6.45, 7) is 0.136. The standard InChI is InChI=1S/C26H27ClN2O3/c27-21-4-2-5-23(15-21)29-26(32)28-22-13-11-18(12-14-22)17-7-9-19(10-8-17)25(31)24-6-1-3-20(24)16-30/h2,4-5,7-15,20,24-25,30-31H,1,3,6,16H2,(H2,28,29,32)/t20-,24?,25?/m0/s1. The Morgan fingerprint density at radius 3 is 2.25 bits per heavy atom. The molecule has 0 saturated heterocycles. The first-order chi connectivity index (χ1) is 15.5. The molecule has 1 saturated carbocycles. The SMILES string of the molecule is O=C(Nc1ccc(-c2ccc(C(O)C3CCC[C@H]3CO)cc2)cc1)Nc1cccc(Cl)c1. The molecule has 0 bridgehead atoms. The third kappa shape index (κ3) is 5.30. The van der Waals surface area contributed by atoms with Gasteiger partial charge in [-0.1, -0.05) is 60.5 Å². The number of hydrogen-bond donors (Lipinski definition) is 4. The van der Waals surface area contributed by atoms with E-state index < -0.39 is 6.10 Å². The number of rotatable bonds is 6. The molecule has 4 rings (SSSR count). The van der Waals surface area contributed by atoms with Crippen molar-refractivity contribution in [3.63, 3.8) is 0 Å². The van der Waals surface area contributed by atoms with Crippen LogP contribution in [0.2, 0.25) is 5.02 Å². The summed E-state index contributed by atoms with van der Waals surface area (Å²) in [5.41, 5.74) is 4.23. The van der Waals surface area contributed by atoms with E-state index in [1.165, 1.54) is 0 Å². The summed E-state index contributed by atoms with van der Waals surface area (Å²) in [5, 5.41) is 26.4. The van der Waals surface area contributed by atoms with Crippen LogP contribution in [-0.2, 0) is 0 Å². The van der Waals surface area contributed by atoms with Crippen molar-refractivity contribution in [1.82, 2.24) is 0 Å². The molecule has 1 aliphatic carbocycles. The normalized spacial score (nSPS) is 18.8. The Bertz CT molecular complexity index is 1050. The minimum atomic E-state index is -0.548. The molecule has 0 heterocycles. The van der Waals surface area contributed by atoms with Crippen LogP contribution < -0.4 is 10.6 Å². The lowest BCUT2D eigenvalue weighted by atomic mass is 9.87. The van der Waals surface area contributed by atoms with E-state index in [1.54, 1.807) is 24.3 Å². The molecule has 3 atom stereocenters. The molecule has 0 radical (unpaired) electrons. The maximum absolute atomic E-state index is 12.2. The fraction of sp³-hybridized carbons (Fsp3) is 0.269. The van der Waals surface area contributed by atoms with E-state index >= 15 is 0 Å². The summed E-state index contributed by atoms with van der Waals surface area (Å²) in [6.07, 6.45) is 2.44. The van der Waals surface area contributed by atoms with E-state index in [0.29, 0.717) is 16.4 Å². The van der Waals surface area contributed by atoms with Crippen molar-refractivity contribution >= 4 is 29.0 Å². The monoisotopic (exact) mass is 450 g/mol. The summed E-state index contributed by atoms with van der Waals surface area (Å²) in [7, 11) is 0. The van der Waals surface area contributed by atoms with Gasteiger partial charge in [0, 0.05) is 23.0 Å². The molecule has 2 amide bonds. The molecule has 4 N–H and O–H groups in total. The van der Waals surface area contributed by atoms with Gasteiger partial charge >= 0.3 is 6.03 Å². The first-order valence-electron chi connectivity index (χ1n) is 10.9. The Labute approximate surface area is 193 Å². The van der Waals surface area contributed by atoms with E-state index in [0.717, 1.165) is 36.0 Å². The molecule has 6 heteroatoms. The van der Waals surface area contributed by atoms with Crippen LogP contribution in [0.5, 0.6) is 0 Å². The third-order valence-electron chi connectivity index (χ3n) is 6.17. The molecule has 166 valence electrons. The minimum Gasteiger partial charge on any atom is -0.396 e. The van der Waals surface area contributed by atoms with Crippen LogP contribution in [0.4, 0.5) is 16.2 Å². The van der Waals surface area contributed by atoms with Gasteiger partial charge in [0.05, 0.1) is 6.10 Å². The molecule has 3 aromatic carbocycles. The molecular formula is C26H27ClN2O3. The van der Waals surface area contributed by atoms with Crippen molar-refractivity contribution in [1.29, 1.82) is 0 Å². The van der Waals surface area contributed by atoms with E-state index in [1.807, 2.05) is 48.5 Å². The summed E-state index contributed by atoms with van der Waals surface area (Å²) < 4.78 is 0. The molecule has 3 aromatic rings. The maximum atomic E-state index is 12.2. The summed E-state index contributed by atoms with van der Waals surface area (Å²) in [4.78, 5) is 12.2. The quantitative estimate of drug-likeness (QED) is 0.366. The van der Waals surface area contributed by atoms with Crippen LogP contribution in [0.3, 0.4) is 0 Å². The number of hydrogen-bond acceptors (Lipinski definition) is 3. The molecule has 1 aliphatic rings. The molecule has 2 unspecified atom stereocenters. The Balaban J connectivity index is 1.38. The minimum absolute atomic E-state index is 0.120. The molecule has 0 aromatic heterocycles. The second-order valence-electron chi connectivity index (χ2n) is 8.27. The third-order valence-corrected chi connectivity index (χ3v) is 6.40. The van der Waals surface area contributed by atoms with Gasteiger partial charge in [0.2, 0.25) is 0 Å². The Hall–Kier alpha value is -2.86. The predicted octanol–water partition coefficient (Wildman–Crippen LogP) is 6.09. The lowest BCUT2D eigenvalue weighted by Crippen LogP contribution is -2.19. The van der Waals surface area contributed by atoms with Crippen molar-refractivity contribution in [3.05, 3.63) is 83.4 Å². The molecule has 0 spiro atoms. The van der Waals surface area contributed by atoms with E-state index in [2.05, 4.69) is 10.6 Å². The highest BCUT2D eigenvalue weighted by atomic mass is 35.5. The van der Waals surface area contributed by atoms with Gasteiger partial charge in [-0.15, -0.1) is 0 Å². The Morgan fingerprint density at radius 1 is 0.938 bits per heavy atom. The zero-order valence-corrected chi connectivity index (χ0v) is 18.4. The van der Waals surface area contributed by atoms with Crippen LogP contribution in [-0.4, -0.2) is 22.9 Å². The zero-order chi connectivity index (χ0) is 22.5. The van der Waals surface area contributed by atoms with E-state index in [-0.39, 0.29) is 24.5 Å². The van der Waals surface area contributed by atoms with Crippen molar-refractivity contribution in [2.45, 2.75) is 25.4 Å². The van der Waals surface area contributed by atoms with Crippen LogP contribution in [0.15, 0.2) is 72.8 Å². The Morgan fingerprint density at radius 2 is 1.59 bits per heavy atom. The van der Waals surface area contributed by atoms with Crippen LogP contribution in [0.1, 0.15) is 30.9 Å². The molecular weight excluding hydrogens is 424 g/mol. The van der Waals surface area contributed by atoms with Crippen LogP contribution in [0.25, 0.3) is 11.1 Å². The van der Waals surface area contributed by atoms with Gasteiger partial charge in [-0.05, 0) is 71.7 Å². The molecule has 32 heavy (non-hydrogen) atoms. The summed E-state index contributed by atoms with van der Waals surface area (Å²) in [5.74, 6) is 0.301. The second-order valence-corrected chi connectivity index (χ2v) is 8.71. The van der Waals surface area contributed by atoms with Crippen molar-refractivity contribution in [2.24, 2.45) is 11.8 Å². The lowest BCUT2D eigenvalue weighted by Gasteiger charge is -2.24. The first kappa shape index (κ1) is 22.3. The number of aliphatic hydroxyl groups excluding tert-OH is 2. The van der Waals surface area contributed by atoms with Crippen molar-refractivity contribution < 1.29 is 15.0 Å². The lowest BCUT2D eigenvalue weighted by molar-refractivity contribution is 0.0636. The van der Waals surface area contributed by atoms with Gasteiger partial charge < -0.3 is 20.8 Å². The van der Waals surface area contributed by atoms with Gasteiger partial charge in [0.25, 0.3) is 0 Å². The van der Waals surface area contributed by atoms with Gasteiger partial charge in [0.15, 0.2) is 0 Å². The van der Waals surface area contributed by atoms with E-state index in [4.69, 9.17) is 11.6 Å².